The van der Waals surface area contributed by atoms with Crippen molar-refractivity contribution in [2.75, 3.05) is 26.7 Å². The van der Waals surface area contributed by atoms with Crippen molar-refractivity contribution in [3.05, 3.63) is 45.7 Å². The van der Waals surface area contributed by atoms with Gasteiger partial charge in [-0.25, -0.2) is 0 Å². The third kappa shape index (κ3) is 7.75. The summed E-state index contributed by atoms with van der Waals surface area (Å²) in [5.41, 5.74) is 2.23. The predicted molar refractivity (Wildman–Crippen MR) is 123 cm³/mol. The first-order chi connectivity index (χ1) is 12.5. The van der Waals surface area contributed by atoms with Crippen molar-refractivity contribution < 1.29 is 4.74 Å². The summed E-state index contributed by atoms with van der Waals surface area (Å²) < 4.78 is 7.66. The van der Waals surface area contributed by atoms with Gasteiger partial charge in [0.25, 0.3) is 0 Å². The largest absolute Gasteiger partial charge is 0.490 e. The molecule has 0 saturated carbocycles. The number of nitrogens with zero attached hydrogens (tertiary/aromatic N) is 3. The average molecular weight is 526 g/mol. The zero-order valence-electron chi connectivity index (χ0n) is 15.8. The molecule has 2 rings (SSSR count). The van der Waals surface area contributed by atoms with Gasteiger partial charge in [-0.2, -0.15) is 5.10 Å². The predicted octanol–water partition coefficient (Wildman–Crippen LogP) is 4.06. The van der Waals surface area contributed by atoms with Gasteiger partial charge in [0.15, 0.2) is 5.96 Å². The van der Waals surface area contributed by atoms with Crippen molar-refractivity contribution in [3.63, 3.8) is 0 Å². The fraction of sp³-hybridized carbons (Fsp3) is 0.444. The summed E-state index contributed by atoms with van der Waals surface area (Å²) in [6.45, 7) is 6.80. The molecule has 0 unspecified atom stereocenters. The van der Waals surface area contributed by atoms with Gasteiger partial charge in [0, 0.05) is 25.8 Å². The molecule has 0 aliphatic rings. The lowest BCUT2D eigenvalue weighted by Gasteiger charge is -2.13. The highest BCUT2D eigenvalue weighted by Crippen LogP contribution is 2.31. The first-order valence-corrected chi connectivity index (χ1v) is 9.29. The molecule has 1 heterocycles. The van der Waals surface area contributed by atoms with Crippen LogP contribution in [0.5, 0.6) is 5.75 Å². The van der Waals surface area contributed by atoms with Crippen LogP contribution < -0.4 is 15.4 Å². The van der Waals surface area contributed by atoms with Gasteiger partial charge in [0.1, 0.15) is 17.4 Å². The van der Waals surface area contributed by atoms with E-state index in [1.807, 2.05) is 11.6 Å². The molecule has 0 radical (unpaired) electrons. The van der Waals surface area contributed by atoms with Crippen molar-refractivity contribution in [3.8, 4) is 5.75 Å². The van der Waals surface area contributed by atoms with Crippen molar-refractivity contribution in [1.29, 1.82) is 0 Å². The van der Waals surface area contributed by atoms with Gasteiger partial charge in [0.05, 0.1) is 17.3 Å². The second-order valence-corrected chi connectivity index (χ2v) is 6.62. The van der Waals surface area contributed by atoms with Crippen LogP contribution in [0.2, 0.25) is 10.0 Å². The highest BCUT2D eigenvalue weighted by molar-refractivity contribution is 14.0. The van der Waals surface area contributed by atoms with Crippen LogP contribution in [0.4, 0.5) is 0 Å². The SMILES string of the molecule is CN=C(NCCCn1nc(C)cc1C)NCCOc1cccc(Cl)c1Cl.I. The van der Waals surface area contributed by atoms with Crippen molar-refractivity contribution in [2.45, 2.75) is 26.8 Å². The van der Waals surface area contributed by atoms with Gasteiger partial charge in [0.2, 0.25) is 0 Å². The molecular weight excluding hydrogens is 500 g/mol. The summed E-state index contributed by atoms with van der Waals surface area (Å²) in [7, 11) is 1.74. The van der Waals surface area contributed by atoms with Gasteiger partial charge in [-0.1, -0.05) is 29.3 Å². The van der Waals surface area contributed by atoms with E-state index in [1.165, 1.54) is 5.69 Å². The Hall–Kier alpha value is -1.19. The van der Waals surface area contributed by atoms with E-state index >= 15 is 0 Å². The highest BCUT2D eigenvalue weighted by Gasteiger charge is 2.05. The Morgan fingerprint density at radius 2 is 1.96 bits per heavy atom. The second-order valence-electron chi connectivity index (χ2n) is 5.83. The molecule has 6 nitrogen and oxygen atoms in total. The van der Waals surface area contributed by atoms with E-state index in [0.29, 0.717) is 28.9 Å². The van der Waals surface area contributed by atoms with Crippen LogP contribution in [-0.2, 0) is 6.54 Å². The molecule has 1 aromatic carbocycles. The summed E-state index contributed by atoms with van der Waals surface area (Å²) in [6.07, 6.45) is 0.956. The molecule has 0 amide bonds. The van der Waals surface area contributed by atoms with Gasteiger partial charge < -0.3 is 15.4 Å². The lowest BCUT2D eigenvalue weighted by atomic mass is 10.3. The summed E-state index contributed by atoms with van der Waals surface area (Å²) in [5, 5.41) is 11.9. The maximum atomic E-state index is 6.09. The number of nitrogens with one attached hydrogen (secondary N) is 2. The quantitative estimate of drug-likeness (QED) is 0.236. The first-order valence-electron chi connectivity index (χ1n) is 8.53. The lowest BCUT2D eigenvalue weighted by molar-refractivity contribution is 0.322. The van der Waals surface area contributed by atoms with Crippen molar-refractivity contribution in [2.24, 2.45) is 4.99 Å². The Morgan fingerprint density at radius 1 is 1.22 bits per heavy atom. The number of aromatic nitrogens is 2. The van der Waals surface area contributed by atoms with E-state index in [0.717, 1.165) is 31.2 Å². The summed E-state index contributed by atoms with van der Waals surface area (Å²) in [5.74, 6) is 1.31. The molecule has 9 heteroatoms. The number of ether oxygens (including phenoxy) is 1. The molecule has 0 saturated heterocycles. The number of guanidine groups is 1. The Bertz CT molecular complexity index is 751. The van der Waals surface area contributed by atoms with Crippen LogP contribution in [0.1, 0.15) is 17.8 Å². The van der Waals surface area contributed by atoms with E-state index in [-0.39, 0.29) is 24.0 Å². The number of benzene rings is 1. The van der Waals surface area contributed by atoms with E-state index in [9.17, 15) is 0 Å². The molecule has 2 aromatic rings. The Morgan fingerprint density at radius 3 is 2.63 bits per heavy atom. The van der Waals surface area contributed by atoms with Crippen molar-refractivity contribution in [1.82, 2.24) is 20.4 Å². The smallest absolute Gasteiger partial charge is 0.191 e. The van der Waals surface area contributed by atoms with Crippen LogP contribution in [0, 0.1) is 13.8 Å². The Balaban J connectivity index is 0.00000364. The molecule has 27 heavy (non-hydrogen) atoms. The van der Waals surface area contributed by atoms with E-state index in [1.54, 1.807) is 25.2 Å². The third-order valence-electron chi connectivity index (χ3n) is 3.73. The number of hydrogen-bond acceptors (Lipinski definition) is 3. The zero-order valence-corrected chi connectivity index (χ0v) is 19.6. The number of rotatable bonds is 8. The number of halogens is 3. The van der Waals surface area contributed by atoms with Crippen LogP contribution in [0.3, 0.4) is 0 Å². The fourth-order valence-electron chi connectivity index (χ4n) is 2.48. The normalized spacial score (nSPS) is 11.1. The second kappa shape index (κ2) is 12.3. The minimum atomic E-state index is 0. The van der Waals surface area contributed by atoms with Gasteiger partial charge >= 0.3 is 0 Å². The number of aryl methyl sites for hydroxylation is 3. The zero-order chi connectivity index (χ0) is 18.9. The van der Waals surface area contributed by atoms with Crippen LogP contribution in [-0.4, -0.2) is 42.5 Å². The standard InChI is InChI=1S/C18H25Cl2N5O.HI/c1-13-12-14(2)25(24-13)10-5-8-22-18(21-3)23-9-11-26-16-7-4-6-15(19)17(16)20;/h4,6-7,12H,5,8-11H2,1-3H3,(H2,21,22,23);1H. The highest BCUT2D eigenvalue weighted by atomic mass is 127. The summed E-state index contributed by atoms with van der Waals surface area (Å²) >= 11 is 12.1. The summed E-state index contributed by atoms with van der Waals surface area (Å²) in [4.78, 5) is 4.20. The molecule has 0 atom stereocenters. The van der Waals surface area contributed by atoms with Crippen LogP contribution in [0.25, 0.3) is 0 Å². The molecule has 2 N–H and O–H groups in total. The molecule has 0 fully saturated rings. The van der Waals surface area contributed by atoms with Gasteiger partial charge in [-0.15, -0.1) is 24.0 Å². The average Bonchev–Trinajstić information content (AvgIpc) is 2.94. The minimum Gasteiger partial charge on any atom is -0.490 e. The number of aliphatic imine (C=N–C) groups is 1. The molecule has 0 aliphatic heterocycles. The van der Waals surface area contributed by atoms with E-state index in [4.69, 9.17) is 27.9 Å². The monoisotopic (exact) mass is 525 g/mol. The molecule has 150 valence electrons. The topological polar surface area (TPSA) is 63.5 Å². The maximum absolute atomic E-state index is 6.09. The summed E-state index contributed by atoms with van der Waals surface area (Å²) in [6, 6.07) is 7.41. The van der Waals surface area contributed by atoms with Crippen LogP contribution in [0.15, 0.2) is 29.3 Å². The lowest BCUT2D eigenvalue weighted by Crippen LogP contribution is -2.39. The van der Waals surface area contributed by atoms with Gasteiger partial charge in [-0.05, 0) is 38.5 Å². The first kappa shape index (κ1) is 23.8. The fourth-order valence-corrected chi connectivity index (χ4v) is 2.83. The Kier molecular flexibility index (Phi) is 10.9. The van der Waals surface area contributed by atoms with Gasteiger partial charge in [-0.3, -0.25) is 9.67 Å². The van der Waals surface area contributed by atoms with Crippen molar-refractivity contribution >= 4 is 53.1 Å². The molecule has 1 aromatic heterocycles. The Labute approximate surface area is 187 Å². The minimum absolute atomic E-state index is 0. The molecule has 0 bridgehead atoms. The van der Waals surface area contributed by atoms with E-state index < -0.39 is 0 Å². The number of hydrogen-bond donors (Lipinski definition) is 2. The maximum Gasteiger partial charge on any atom is 0.191 e. The third-order valence-corrected chi connectivity index (χ3v) is 4.54. The van der Waals surface area contributed by atoms with Crippen LogP contribution >= 0.6 is 47.2 Å². The molecular formula is C18H26Cl2IN5O. The molecule has 0 aliphatic carbocycles. The molecule has 0 spiro atoms. The van der Waals surface area contributed by atoms with E-state index in [2.05, 4.69) is 33.7 Å².